The molecule has 0 radical (unpaired) electrons. The van der Waals surface area contributed by atoms with Gasteiger partial charge in [-0.3, -0.25) is 20.4 Å². The summed E-state index contributed by atoms with van der Waals surface area (Å²) in [5.41, 5.74) is 4.54. The number of benzene rings is 1. The molecule has 0 saturated heterocycles. The number of esters is 1. The van der Waals surface area contributed by atoms with E-state index in [1.807, 2.05) is 13.8 Å². The van der Waals surface area contributed by atoms with Gasteiger partial charge in [-0.05, 0) is 42.3 Å². The number of hydrazine groups is 1. The Balaban J connectivity index is 1.73. The first-order chi connectivity index (χ1) is 12.5. The maximum absolute atomic E-state index is 11.9. The highest BCUT2D eigenvalue weighted by molar-refractivity contribution is 5.94. The van der Waals surface area contributed by atoms with E-state index in [9.17, 15) is 14.4 Å². The molecule has 1 aromatic heterocycles. The summed E-state index contributed by atoms with van der Waals surface area (Å²) in [4.78, 5) is 35.1. The molecule has 0 saturated carbocycles. The van der Waals surface area contributed by atoms with Gasteiger partial charge in [0.1, 0.15) is 5.75 Å². The van der Waals surface area contributed by atoms with Crippen LogP contribution in [0.1, 0.15) is 34.8 Å². The van der Waals surface area contributed by atoms with Gasteiger partial charge in [-0.25, -0.2) is 4.79 Å². The summed E-state index contributed by atoms with van der Waals surface area (Å²) in [6.07, 6.45) is 1.33. The first-order valence-corrected chi connectivity index (χ1v) is 7.98. The highest BCUT2D eigenvalue weighted by Crippen LogP contribution is 2.14. The molecule has 0 fully saturated rings. The first-order valence-electron chi connectivity index (χ1n) is 7.98. The van der Waals surface area contributed by atoms with Crippen LogP contribution >= 0.6 is 0 Å². The van der Waals surface area contributed by atoms with E-state index >= 15 is 0 Å². The van der Waals surface area contributed by atoms with E-state index < -0.39 is 24.4 Å². The molecule has 0 bridgehead atoms. The van der Waals surface area contributed by atoms with Crippen LogP contribution in [0.5, 0.6) is 5.75 Å². The molecule has 1 heterocycles. The molecule has 0 aliphatic rings. The lowest BCUT2D eigenvalue weighted by atomic mass is 10.2. The fourth-order valence-electron chi connectivity index (χ4n) is 1.80. The van der Waals surface area contributed by atoms with Crippen LogP contribution in [0.15, 0.2) is 47.1 Å². The molecule has 138 valence electrons. The Morgan fingerprint density at radius 3 is 2.42 bits per heavy atom. The van der Waals surface area contributed by atoms with Gasteiger partial charge in [-0.1, -0.05) is 13.8 Å². The molecule has 2 N–H and O–H groups in total. The van der Waals surface area contributed by atoms with E-state index in [2.05, 4.69) is 10.9 Å². The smallest absolute Gasteiger partial charge is 0.338 e. The molecule has 2 rings (SSSR count). The third-order valence-electron chi connectivity index (χ3n) is 3.07. The Bertz CT molecular complexity index is 738. The summed E-state index contributed by atoms with van der Waals surface area (Å²) < 4.78 is 15.3. The Hall–Kier alpha value is -3.29. The van der Waals surface area contributed by atoms with Gasteiger partial charge in [0.15, 0.2) is 12.4 Å². The lowest BCUT2D eigenvalue weighted by molar-refractivity contribution is -0.125. The maximum Gasteiger partial charge on any atom is 0.338 e. The Kier molecular flexibility index (Phi) is 6.78. The number of nitrogens with one attached hydrogen (secondary N) is 2. The van der Waals surface area contributed by atoms with Crippen molar-refractivity contribution in [3.63, 3.8) is 0 Å². The molecule has 0 aliphatic carbocycles. The molecule has 8 heteroatoms. The lowest BCUT2D eigenvalue weighted by Gasteiger charge is -2.09. The number of amides is 2. The summed E-state index contributed by atoms with van der Waals surface area (Å²) in [5.74, 6) is -0.878. The van der Waals surface area contributed by atoms with E-state index in [1.165, 1.54) is 18.4 Å². The van der Waals surface area contributed by atoms with Gasteiger partial charge >= 0.3 is 11.9 Å². The number of hydrogen-bond acceptors (Lipinski definition) is 6. The van der Waals surface area contributed by atoms with Crippen LogP contribution in [-0.4, -0.2) is 31.0 Å². The van der Waals surface area contributed by atoms with Crippen LogP contribution < -0.4 is 15.6 Å². The number of hydrogen-bond donors (Lipinski definition) is 2. The van der Waals surface area contributed by atoms with Gasteiger partial charge in [-0.2, -0.15) is 0 Å². The third-order valence-corrected chi connectivity index (χ3v) is 3.07. The molecule has 2 aromatic rings. The van der Waals surface area contributed by atoms with E-state index in [1.54, 1.807) is 24.3 Å². The Labute approximate surface area is 150 Å². The van der Waals surface area contributed by atoms with Gasteiger partial charge < -0.3 is 13.9 Å². The zero-order valence-corrected chi connectivity index (χ0v) is 14.5. The van der Waals surface area contributed by atoms with Crippen molar-refractivity contribution in [2.24, 2.45) is 5.92 Å². The van der Waals surface area contributed by atoms with Crippen LogP contribution in [0.3, 0.4) is 0 Å². The van der Waals surface area contributed by atoms with E-state index in [-0.39, 0.29) is 11.3 Å². The molecule has 1 aromatic carbocycles. The fraction of sp³-hybridized carbons (Fsp3) is 0.278. The predicted octanol–water partition coefficient (Wildman–Crippen LogP) is 1.93. The minimum Gasteiger partial charge on any atom is -0.493 e. The summed E-state index contributed by atoms with van der Waals surface area (Å²) in [5, 5.41) is 0. The quantitative estimate of drug-likeness (QED) is 0.577. The van der Waals surface area contributed by atoms with Crippen LogP contribution in [0, 0.1) is 5.92 Å². The average Bonchev–Trinajstić information content (AvgIpc) is 3.17. The minimum absolute atomic E-state index is 0.0436. The molecular formula is C18H20N2O6. The van der Waals surface area contributed by atoms with E-state index in [0.29, 0.717) is 18.3 Å². The van der Waals surface area contributed by atoms with Gasteiger partial charge in [-0.15, -0.1) is 0 Å². The topological polar surface area (TPSA) is 107 Å². The first kappa shape index (κ1) is 19.0. The van der Waals surface area contributed by atoms with Gasteiger partial charge in [0.25, 0.3) is 5.91 Å². The zero-order chi connectivity index (χ0) is 18.9. The molecule has 0 atom stereocenters. The molecule has 0 aliphatic heterocycles. The Morgan fingerprint density at radius 2 is 1.81 bits per heavy atom. The fourth-order valence-corrected chi connectivity index (χ4v) is 1.80. The van der Waals surface area contributed by atoms with Crippen LogP contribution in [-0.2, 0) is 9.53 Å². The van der Waals surface area contributed by atoms with Crippen molar-refractivity contribution in [2.45, 2.75) is 13.8 Å². The van der Waals surface area contributed by atoms with Crippen molar-refractivity contribution in [1.82, 2.24) is 10.9 Å². The number of carbonyl (C=O) groups excluding carboxylic acids is 3. The molecule has 26 heavy (non-hydrogen) atoms. The van der Waals surface area contributed by atoms with Gasteiger partial charge in [0.2, 0.25) is 0 Å². The maximum atomic E-state index is 11.9. The van der Waals surface area contributed by atoms with Crippen molar-refractivity contribution in [1.29, 1.82) is 0 Å². The second-order valence-corrected chi connectivity index (χ2v) is 5.78. The van der Waals surface area contributed by atoms with Crippen LogP contribution in [0.2, 0.25) is 0 Å². The highest BCUT2D eigenvalue weighted by atomic mass is 16.5. The van der Waals surface area contributed by atoms with Gasteiger partial charge in [0.05, 0.1) is 18.4 Å². The zero-order valence-electron chi connectivity index (χ0n) is 14.5. The van der Waals surface area contributed by atoms with E-state index in [0.717, 1.165) is 0 Å². The van der Waals surface area contributed by atoms with Crippen molar-refractivity contribution in [3.05, 3.63) is 54.0 Å². The number of ether oxygens (including phenoxy) is 2. The van der Waals surface area contributed by atoms with Crippen molar-refractivity contribution in [3.8, 4) is 5.75 Å². The molecule has 0 unspecified atom stereocenters. The standard InChI is InChI=1S/C18H20N2O6/c1-12(2)10-25-14-7-5-13(6-8-14)18(23)26-11-16(21)19-20-17(22)15-4-3-9-24-15/h3-9,12H,10-11H2,1-2H3,(H,19,21)(H,20,22). The van der Waals surface area contributed by atoms with Gasteiger partial charge in [0, 0.05) is 0 Å². The van der Waals surface area contributed by atoms with Crippen molar-refractivity contribution >= 4 is 17.8 Å². The van der Waals surface area contributed by atoms with Crippen LogP contribution in [0.4, 0.5) is 0 Å². The summed E-state index contributed by atoms with van der Waals surface area (Å²) >= 11 is 0. The molecular weight excluding hydrogens is 340 g/mol. The highest BCUT2D eigenvalue weighted by Gasteiger charge is 2.12. The second-order valence-electron chi connectivity index (χ2n) is 5.78. The number of rotatable bonds is 7. The Morgan fingerprint density at radius 1 is 1.08 bits per heavy atom. The normalized spacial score (nSPS) is 10.3. The average molecular weight is 360 g/mol. The largest absolute Gasteiger partial charge is 0.493 e. The summed E-state index contributed by atoms with van der Waals surface area (Å²) in [6, 6.07) is 9.39. The molecule has 8 nitrogen and oxygen atoms in total. The van der Waals surface area contributed by atoms with Crippen LogP contribution in [0.25, 0.3) is 0 Å². The molecule has 2 amide bonds. The van der Waals surface area contributed by atoms with Crippen molar-refractivity contribution in [2.75, 3.05) is 13.2 Å². The summed E-state index contributed by atoms with van der Waals surface area (Å²) in [6.45, 7) is 4.11. The number of carbonyl (C=O) groups is 3. The second kappa shape index (κ2) is 9.26. The van der Waals surface area contributed by atoms with Crippen molar-refractivity contribution < 1.29 is 28.3 Å². The predicted molar refractivity (Wildman–Crippen MR) is 91.4 cm³/mol. The summed E-state index contributed by atoms with van der Waals surface area (Å²) in [7, 11) is 0. The minimum atomic E-state index is -0.685. The van der Waals surface area contributed by atoms with E-state index in [4.69, 9.17) is 13.9 Å². The molecule has 0 spiro atoms. The SMILES string of the molecule is CC(C)COc1ccc(C(=O)OCC(=O)NNC(=O)c2ccco2)cc1. The number of furan rings is 1. The lowest BCUT2D eigenvalue weighted by Crippen LogP contribution is -2.43. The third kappa shape index (κ3) is 5.97. The monoisotopic (exact) mass is 360 g/mol.